The average Bonchev–Trinajstić information content (AvgIpc) is 2.04. The van der Waals surface area contributed by atoms with Gasteiger partial charge in [0.1, 0.15) is 10.4 Å². The summed E-state index contributed by atoms with van der Waals surface area (Å²) >= 11 is 3.11. The molecule has 72 valence electrons. The summed E-state index contributed by atoms with van der Waals surface area (Å²) in [4.78, 5) is 9.14. The number of nitrogens with zero attached hydrogens (tertiary/aromatic N) is 3. The van der Waals surface area contributed by atoms with E-state index >= 15 is 0 Å². The Morgan fingerprint density at radius 3 is 2.62 bits per heavy atom. The Kier molecular flexibility index (Phi) is 3.53. The maximum atomic E-state index is 12.0. The van der Waals surface area contributed by atoms with Crippen LogP contribution in [0.3, 0.4) is 0 Å². The molecular weight excluding hydrogens is 244 g/mol. The Morgan fingerprint density at radius 2 is 2.15 bits per heavy atom. The van der Waals surface area contributed by atoms with E-state index < -0.39 is 6.43 Å². The van der Waals surface area contributed by atoms with Crippen molar-refractivity contribution >= 4 is 21.7 Å². The number of hydrogen-bond acceptors (Lipinski definition) is 3. The first-order valence-corrected chi connectivity index (χ1v) is 4.35. The van der Waals surface area contributed by atoms with Gasteiger partial charge < -0.3 is 4.90 Å². The van der Waals surface area contributed by atoms with E-state index in [2.05, 4.69) is 25.9 Å². The van der Waals surface area contributed by atoms with Gasteiger partial charge in [0, 0.05) is 7.05 Å². The van der Waals surface area contributed by atoms with E-state index in [1.165, 1.54) is 17.3 Å². The molecule has 0 spiro atoms. The molecule has 0 radical (unpaired) electrons. The summed E-state index contributed by atoms with van der Waals surface area (Å²) in [6.07, 6.45) is 0.541. The van der Waals surface area contributed by atoms with Crippen LogP contribution in [0, 0.1) is 0 Å². The molecule has 1 aromatic heterocycles. The molecule has 0 unspecified atom stereocenters. The van der Waals surface area contributed by atoms with Crippen molar-refractivity contribution in [1.82, 2.24) is 9.97 Å². The van der Waals surface area contributed by atoms with Crippen LogP contribution in [0.5, 0.6) is 0 Å². The lowest BCUT2D eigenvalue weighted by Crippen LogP contribution is -2.24. The van der Waals surface area contributed by atoms with E-state index in [1.807, 2.05) is 0 Å². The van der Waals surface area contributed by atoms with Gasteiger partial charge in [-0.05, 0) is 15.9 Å². The number of anilines is 1. The molecule has 0 aliphatic carbocycles. The molecule has 0 aromatic carbocycles. The highest BCUT2D eigenvalue weighted by atomic mass is 79.9. The minimum absolute atomic E-state index is 0.337. The molecule has 1 rings (SSSR count). The number of alkyl halides is 2. The first kappa shape index (κ1) is 10.3. The summed E-state index contributed by atoms with van der Waals surface area (Å²) in [5, 5.41) is 0. The molecule has 0 N–H and O–H groups in total. The van der Waals surface area contributed by atoms with Crippen molar-refractivity contribution in [2.45, 2.75) is 6.43 Å². The van der Waals surface area contributed by atoms with Crippen molar-refractivity contribution in [3.8, 4) is 0 Å². The smallest absolute Gasteiger partial charge is 0.255 e. The Balaban J connectivity index is 2.66. The normalized spacial score (nSPS) is 10.5. The highest BCUT2D eigenvalue weighted by Gasteiger charge is 2.09. The highest BCUT2D eigenvalue weighted by Crippen LogP contribution is 2.10. The van der Waals surface area contributed by atoms with Crippen molar-refractivity contribution in [2.75, 3.05) is 18.5 Å². The van der Waals surface area contributed by atoms with Gasteiger partial charge in [0.2, 0.25) is 0 Å². The van der Waals surface area contributed by atoms with Crippen molar-refractivity contribution in [2.24, 2.45) is 0 Å². The Morgan fingerprint density at radius 1 is 1.46 bits per heavy atom. The fraction of sp³-hybridized carbons (Fsp3) is 0.429. The molecule has 0 fully saturated rings. The van der Waals surface area contributed by atoms with E-state index in [0.29, 0.717) is 10.4 Å². The van der Waals surface area contributed by atoms with E-state index in [4.69, 9.17) is 0 Å². The van der Waals surface area contributed by atoms with Gasteiger partial charge in [0.05, 0.1) is 18.9 Å². The van der Waals surface area contributed by atoms with Crippen molar-refractivity contribution in [1.29, 1.82) is 0 Å². The second-order valence-corrected chi connectivity index (χ2v) is 3.28. The van der Waals surface area contributed by atoms with Crippen LogP contribution in [-0.4, -0.2) is 30.0 Å². The maximum Gasteiger partial charge on any atom is 0.255 e. The van der Waals surface area contributed by atoms with Crippen LogP contribution in [0.4, 0.5) is 14.6 Å². The fourth-order valence-corrected chi connectivity index (χ4v) is 1.01. The third-order valence-corrected chi connectivity index (χ3v) is 1.82. The molecule has 0 aliphatic rings. The van der Waals surface area contributed by atoms with Gasteiger partial charge in [-0.2, -0.15) is 0 Å². The first-order chi connectivity index (χ1) is 6.09. The molecule has 0 atom stereocenters. The third-order valence-electron chi connectivity index (χ3n) is 1.41. The van der Waals surface area contributed by atoms with Crippen LogP contribution in [0.25, 0.3) is 0 Å². The fourth-order valence-electron chi connectivity index (χ4n) is 0.803. The zero-order chi connectivity index (χ0) is 9.84. The predicted molar refractivity (Wildman–Crippen MR) is 49.0 cm³/mol. The zero-order valence-corrected chi connectivity index (χ0v) is 8.50. The number of halogens is 3. The summed E-state index contributed by atoms with van der Waals surface area (Å²) in [6.45, 7) is -0.337. The lowest BCUT2D eigenvalue weighted by molar-refractivity contribution is 0.156. The quantitative estimate of drug-likeness (QED) is 0.823. The van der Waals surface area contributed by atoms with Gasteiger partial charge in [0.15, 0.2) is 0 Å². The monoisotopic (exact) mass is 251 g/mol. The molecule has 3 nitrogen and oxygen atoms in total. The summed E-state index contributed by atoms with van der Waals surface area (Å²) in [5.74, 6) is 0.434. The Hall–Kier alpha value is -0.780. The number of aromatic nitrogens is 2. The molecule has 6 heteroatoms. The van der Waals surface area contributed by atoms with E-state index in [0.717, 1.165) is 0 Å². The van der Waals surface area contributed by atoms with Crippen LogP contribution < -0.4 is 4.90 Å². The van der Waals surface area contributed by atoms with Crippen LogP contribution in [0.15, 0.2) is 17.0 Å². The van der Waals surface area contributed by atoms with E-state index in [1.54, 1.807) is 7.05 Å². The standard InChI is InChI=1S/C7H8BrF2N3/c1-13(4-6(9)10)7-3-11-5(8)2-12-7/h2-3,6H,4H2,1H3. The van der Waals surface area contributed by atoms with Gasteiger partial charge in [-0.25, -0.2) is 18.7 Å². The van der Waals surface area contributed by atoms with Gasteiger partial charge in [-0.15, -0.1) is 0 Å². The molecule has 13 heavy (non-hydrogen) atoms. The van der Waals surface area contributed by atoms with Gasteiger partial charge in [-0.3, -0.25) is 0 Å². The molecule has 0 saturated carbocycles. The van der Waals surface area contributed by atoms with Crippen LogP contribution in [-0.2, 0) is 0 Å². The van der Waals surface area contributed by atoms with E-state index in [9.17, 15) is 8.78 Å². The van der Waals surface area contributed by atoms with Crippen molar-refractivity contribution < 1.29 is 8.78 Å². The van der Waals surface area contributed by atoms with Gasteiger partial charge in [0.25, 0.3) is 6.43 Å². The number of hydrogen-bond donors (Lipinski definition) is 0. The topological polar surface area (TPSA) is 29.0 Å². The number of rotatable bonds is 3. The molecule has 0 saturated heterocycles. The lowest BCUT2D eigenvalue weighted by atomic mass is 10.5. The lowest BCUT2D eigenvalue weighted by Gasteiger charge is -2.16. The summed E-state index contributed by atoms with van der Waals surface area (Å²) in [7, 11) is 1.55. The zero-order valence-electron chi connectivity index (χ0n) is 6.91. The second-order valence-electron chi connectivity index (χ2n) is 2.47. The summed E-state index contributed by atoms with van der Waals surface area (Å²) in [5.41, 5.74) is 0. The van der Waals surface area contributed by atoms with Crippen molar-refractivity contribution in [3.05, 3.63) is 17.0 Å². The minimum atomic E-state index is -2.37. The van der Waals surface area contributed by atoms with Crippen LogP contribution >= 0.6 is 15.9 Å². The SMILES string of the molecule is CN(CC(F)F)c1cnc(Br)cn1. The molecule has 1 aromatic rings. The molecule has 1 heterocycles. The highest BCUT2D eigenvalue weighted by molar-refractivity contribution is 9.10. The van der Waals surface area contributed by atoms with Gasteiger partial charge >= 0.3 is 0 Å². The summed E-state index contributed by atoms with van der Waals surface area (Å²) < 4.78 is 24.5. The third kappa shape index (κ3) is 3.22. The van der Waals surface area contributed by atoms with Gasteiger partial charge in [-0.1, -0.05) is 0 Å². The molecular formula is C7H8BrF2N3. The molecule has 0 aliphatic heterocycles. The van der Waals surface area contributed by atoms with Crippen molar-refractivity contribution in [3.63, 3.8) is 0 Å². The first-order valence-electron chi connectivity index (χ1n) is 3.56. The van der Waals surface area contributed by atoms with Crippen LogP contribution in [0.2, 0.25) is 0 Å². The Labute approximate surface area is 82.9 Å². The minimum Gasteiger partial charge on any atom is -0.353 e. The van der Waals surface area contributed by atoms with Crippen LogP contribution in [0.1, 0.15) is 0 Å². The predicted octanol–water partition coefficient (Wildman–Crippen LogP) is 1.94. The Bertz CT molecular complexity index is 265. The molecule has 0 amide bonds. The second kappa shape index (κ2) is 4.45. The van der Waals surface area contributed by atoms with E-state index in [-0.39, 0.29) is 6.54 Å². The average molecular weight is 252 g/mol. The molecule has 0 bridgehead atoms. The largest absolute Gasteiger partial charge is 0.353 e. The summed E-state index contributed by atoms with van der Waals surface area (Å²) in [6, 6.07) is 0. The maximum absolute atomic E-state index is 12.0.